The van der Waals surface area contributed by atoms with Crippen LogP contribution in [-0.4, -0.2) is 41.4 Å². The molecule has 3 heterocycles. The van der Waals surface area contributed by atoms with Crippen molar-refractivity contribution in [2.75, 3.05) is 20.2 Å². The second kappa shape index (κ2) is 7.03. The molecule has 4 heteroatoms. The number of nitrogens with zero attached hydrogens (tertiary/aromatic N) is 1. The predicted molar refractivity (Wildman–Crippen MR) is 99.3 cm³/mol. The number of aromatic amines is 1. The van der Waals surface area contributed by atoms with Crippen LogP contribution in [0.5, 0.6) is 0 Å². The minimum atomic E-state index is -0.0894. The van der Waals surface area contributed by atoms with Gasteiger partial charge in [0.05, 0.1) is 7.11 Å². The van der Waals surface area contributed by atoms with Gasteiger partial charge >= 0.3 is 5.97 Å². The van der Waals surface area contributed by atoms with Gasteiger partial charge in [-0.3, -0.25) is 4.79 Å². The average Bonchev–Trinajstić information content (AvgIpc) is 3.03. The summed E-state index contributed by atoms with van der Waals surface area (Å²) < 4.78 is 7.35. The molecule has 0 saturated carbocycles. The van der Waals surface area contributed by atoms with E-state index in [1.54, 1.807) is 0 Å². The highest BCUT2D eigenvalue weighted by Gasteiger charge is 2.36. The third-order valence-electron chi connectivity index (χ3n) is 5.82. The number of carbonyl (C=O) groups is 1. The van der Waals surface area contributed by atoms with Crippen molar-refractivity contribution in [2.24, 2.45) is 5.92 Å². The molecule has 0 aliphatic carbocycles. The van der Waals surface area contributed by atoms with Gasteiger partial charge in [-0.05, 0) is 30.9 Å². The number of unbranched alkanes of at least 4 members (excludes halogenated alkanes) is 1. The molecular weight excluding hydrogens is 312 g/mol. The van der Waals surface area contributed by atoms with Gasteiger partial charge < -0.3 is 9.72 Å². The molecule has 4 nitrogen and oxygen atoms in total. The van der Waals surface area contributed by atoms with Crippen LogP contribution < -0.4 is 0 Å². The number of fused-ring (bicyclic) bond motifs is 4. The topological polar surface area (TPSA) is 45.1 Å². The summed E-state index contributed by atoms with van der Waals surface area (Å²) in [6.45, 7) is 2.33. The molecule has 0 radical (unpaired) electrons. The van der Waals surface area contributed by atoms with Gasteiger partial charge in [0.1, 0.15) is 18.8 Å². The monoisotopic (exact) mass is 339 g/mol. The van der Waals surface area contributed by atoms with E-state index in [0.717, 1.165) is 32.2 Å². The van der Waals surface area contributed by atoms with E-state index in [4.69, 9.17) is 4.74 Å². The smallest absolute Gasteiger partial charge is 0.305 e. The highest BCUT2D eigenvalue weighted by atomic mass is 16.5. The molecule has 0 bridgehead atoms. The standard InChI is InChI=1S/C21H26N2O2/c1-25-19(24)11-5-2-7-15-8-6-13-23-14-12-17-16-9-3-4-10-18(16)22-20(17)21(15)23/h3-4,9-10,15H,2,5-8,11-14H2,1H3/p+1. The normalized spacial score (nSPS) is 19.6. The number of H-pyrrole nitrogens is 1. The number of esters is 1. The van der Waals surface area contributed by atoms with Crippen LogP contribution in [-0.2, 0) is 16.0 Å². The first-order chi connectivity index (χ1) is 12.3. The lowest BCUT2D eigenvalue weighted by Crippen LogP contribution is -2.39. The van der Waals surface area contributed by atoms with Crippen LogP contribution in [0.15, 0.2) is 24.3 Å². The van der Waals surface area contributed by atoms with Crippen LogP contribution in [0.3, 0.4) is 0 Å². The van der Waals surface area contributed by atoms with Gasteiger partial charge in [-0.2, -0.15) is 0 Å². The Morgan fingerprint density at radius 1 is 1.28 bits per heavy atom. The molecule has 1 aromatic heterocycles. The highest BCUT2D eigenvalue weighted by molar-refractivity contribution is 6.04. The number of aromatic nitrogens is 1. The molecule has 2 aromatic rings. The van der Waals surface area contributed by atoms with E-state index < -0.39 is 0 Å². The number of carbonyl (C=O) groups excluding carboxylic acids is 1. The molecule has 1 atom stereocenters. The first-order valence-electron chi connectivity index (χ1n) is 9.56. The Balaban J connectivity index is 1.56. The van der Waals surface area contributed by atoms with Gasteiger partial charge in [0.2, 0.25) is 5.71 Å². The molecule has 1 N–H and O–H groups in total. The first kappa shape index (κ1) is 16.4. The summed E-state index contributed by atoms with van der Waals surface area (Å²) in [4.78, 5) is 15.0. The second-order valence-electron chi connectivity index (χ2n) is 7.31. The lowest BCUT2D eigenvalue weighted by Gasteiger charge is -2.26. The summed E-state index contributed by atoms with van der Waals surface area (Å²) in [7, 11) is 1.47. The van der Waals surface area contributed by atoms with E-state index in [2.05, 4.69) is 33.8 Å². The summed E-state index contributed by atoms with van der Waals surface area (Å²) in [5, 5.41) is 1.39. The van der Waals surface area contributed by atoms with E-state index in [0.29, 0.717) is 12.3 Å². The van der Waals surface area contributed by atoms with Crippen LogP contribution in [0.1, 0.15) is 49.8 Å². The van der Waals surface area contributed by atoms with Crippen LogP contribution in [0.2, 0.25) is 0 Å². The first-order valence-corrected chi connectivity index (χ1v) is 9.56. The van der Waals surface area contributed by atoms with Crippen LogP contribution in [0, 0.1) is 5.92 Å². The maximum Gasteiger partial charge on any atom is 0.305 e. The third kappa shape index (κ3) is 3.10. The molecule has 0 saturated heterocycles. The van der Waals surface area contributed by atoms with Gasteiger partial charge in [0.15, 0.2) is 0 Å². The van der Waals surface area contributed by atoms with Crippen molar-refractivity contribution in [1.29, 1.82) is 0 Å². The molecule has 132 valence electrons. The molecule has 2 aliphatic rings. The Morgan fingerprint density at radius 2 is 2.16 bits per heavy atom. The number of nitrogens with one attached hydrogen (secondary N) is 1. The fourth-order valence-electron chi connectivity index (χ4n) is 4.61. The Hall–Kier alpha value is -2.10. The Bertz CT molecular complexity index is 818. The zero-order chi connectivity index (χ0) is 17.2. The maximum atomic E-state index is 11.3. The Kier molecular flexibility index (Phi) is 4.60. The molecular formula is C21H27N2O2+. The highest BCUT2D eigenvalue weighted by Crippen LogP contribution is 2.32. The van der Waals surface area contributed by atoms with Crippen LogP contribution in [0.4, 0.5) is 0 Å². The number of hydrogen-bond donors (Lipinski definition) is 1. The minimum absolute atomic E-state index is 0.0894. The van der Waals surface area contributed by atoms with E-state index in [9.17, 15) is 4.79 Å². The van der Waals surface area contributed by atoms with Crippen molar-refractivity contribution in [3.63, 3.8) is 0 Å². The van der Waals surface area contributed by atoms with Gasteiger partial charge in [0, 0.05) is 36.1 Å². The summed E-state index contributed by atoms with van der Waals surface area (Å²) >= 11 is 0. The van der Waals surface area contributed by atoms with Crippen molar-refractivity contribution < 1.29 is 14.1 Å². The van der Waals surface area contributed by atoms with Crippen molar-refractivity contribution >= 4 is 22.6 Å². The van der Waals surface area contributed by atoms with E-state index in [1.165, 1.54) is 54.4 Å². The Labute approximate surface area is 148 Å². The second-order valence-corrected chi connectivity index (χ2v) is 7.31. The number of rotatable bonds is 5. The molecule has 2 aliphatic heterocycles. The average molecular weight is 339 g/mol. The van der Waals surface area contributed by atoms with Crippen molar-refractivity contribution in [3.05, 3.63) is 35.5 Å². The van der Waals surface area contributed by atoms with E-state index in [-0.39, 0.29) is 5.97 Å². The van der Waals surface area contributed by atoms with Gasteiger partial charge in [0.25, 0.3) is 0 Å². The van der Waals surface area contributed by atoms with Gasteiger partial charge in [-0.1, -0.05) is 24.6 Å². The zero-order valence-corrected chi connectivity index (χ0v) is 15.0. The van der Waals surface area contributed by atoms with Crippen molar-refractivity contribution in [2.45, 2.75) is 44.9 Å². The molecule has 0 fully saturated rings. The predicted octanol–water partition coefficient (Wildman–Crippen LogP) is 3.67. The zero-order valence-electron chi connectivity index (χ0n) is 15.0. The van der Waals surface area contributed by atoms with Crippen LogP contribution in [0.25, 0.3) is 10.9 Å². The summed E-state index contributed by atoms with van der Waals surface area (Å²) in [6.07, 6.45) is 7.40. The largest absolute Gasteiger partial charge is 0.469 e. The van der Waals surface area contributed by atoms with E-state index in [1.807, 2.05) is 0 Å². The van der Waals surface area contributed by atoms with Crippen LogP contribution >= 0.6 is 0 Å². The fraction of sp³-hybridized carbons (Fsp3) is 0.524. The van der Waals surface area contributed by atoms with Crippen molar-refractivity contribution in [1.82, 2.24) is 4.98 Å². The quantitative estimate of drug-likeness (QED) is 0.513. The fourth-order valence-corrected chi connectivity index (χ4v) is 4.61. The number of hydrogen-bond acceptors (Lipinski definition) is 2. The summed E-state index contributed by atoms with van der Waals surface area (Å²) in [6, 6.07) is 8.68. The van der Waals surface area contributed by atoms with E-state index >= 15 is 0 Å². The molecule has 4 rings (SSSR count). The molecule has 1 unspecified atom stereocenters. The SMILES string of the molecule is COC(=O)CCCCC1CCC[N+]2=C1c1[nH]c3ccccc3c1CC2. The lowest BCUT2D eigenvalue weighted by atomic mass is 9.84. The van der Waals surface area contributed by atoms with Gasteiger partial charge in [-0.15, -0.1) is 0 Å². The number of para-hydroxylation sites is 1. The third-order valence-corrected chi connectivity index (χ3v) is 5.82. The van der Waals surface area contributed by atoms with Gasteiger partial charge in [-0.25, -0.2) is 4.58 Å². The molecule has 0 amide bonds. The molecule has 25 heavy (non-hydrogen) atoms. The number of benzene rings is 1. The lowest BCUT2D eigenvalue weighted by molar-refractivity contribution is -0.536. The molecule has 1 aromatic carbocycles. The summed E-state index contributed by atoms with van der Waals surface area (Å²) in [5.74, 6) is 0.520. The van der Waals surface area contributed by atoms with Crippen molar-refractivity contribution in [3.8, 4) is 0 Å². The minimum Gasteiger partial charge on any atom is -0.469 e. The Morgan fingerprint density at radius 3 is 3.04 bits per heavy atom. The number of methoxy groups -OCH3 is 1. The molecule has 0 spiro atoms. The number of ether oxygens (including phenoxy) is 1. The summed E-state index contributed by atoms with van der Waals surface area (Å²) in [5.41, 5.74) is 5.67. The maximum absolute atomic E-state index is 11.3.